The normalized spacial score (nSPS) is 24.6. The first kappa shape index (κ1) is 31.0. The Morgan fingerprint density at radius 1 is 1.07 bits per heavy atom. The van der Waals surface area contributed by atoms with Crippen molar-refractivity contribution in [2.45, 2.75) is 29.3 Å². The second-order valence-electron chi connectivity index (χ2n) is 10.9. The van der Waals surface area contributed by atoms with Crippen LogP contribution in [0.15, 0.2) is 41.3 Å². The predicted octanol–water partition coefficient (Wildman–Crippen LogP) is 2.28. The van der Waals surface area contributed by atoms with Gasteiger partial charge in [-0.2, -0.15) is 8.61 Å². The van der Waals surface area contributed by atoms with Gasteiger partial charge in [0.2, 0.25) is 20.0 Å². The monoisotopic (exact) mass is 648 g/mol. The Morgan fingerprint density at radius 2 is 1.69 bits per heavy atom. The summed E-state index contributed by atoms with van der Waals surface area (Å²) in [5.41, 5.74) is -2.13. The molecule has 1 N–H and O–H groups in total. The van der Waals surface area contributed by atoms with E-state index in [2.05, 4.69) is 4.90 Å². The second kappa shape index (κ2) is 11.6. The molecule has 2 aromatic carbocycles. The molecule has 2 atom stereocenters. The van der Waals surface area contributed by atoms with Crippen LogP contribution in [0.3, 0.4) is 0 Å². The van der Waals surface area contributed by atoms with Gasteiger partial charge in [0.1, 0.15) is 11.3 Å². The molecular formula is C26H31ClF2N4O7S2. The molecule has 3 aliphatic heterocycles. The minimum Gasteiger partial charge on any atom is -0.480 e. The van der Waals surface area contributed by atoms with Crippen LogP contribution in [0.25, 0.3) is 0 Å². The van der Waals surface area contributed by atoms with Crippen LogP contribution in [0.4, 0.5) is 8.78 Å². The lowest BCUT2D eigenvalue weighted by molar-refractivity contribution is -0.149. The lowest BCUT2D eigenvalue weighted by Gasteiger charge is -2.45. The Kier molecular flexibility index (Phi) is 8.57. The lowest BCUT2D eigenvalue weighted by Crippen LogP contribution is -2.67. The number of carbonyl (C=O) groups is 1. The number of ether oxygens (including phenoxy) is 1. The van der Waals surface area contributed by atoms with Crippen molar-refractivity contribution in [1.29, 1.82) is 0 Å². The molecule has 5 rings (SSSR count). The SMILES string of the molecule is CN1CCN(CCS(=O)(=O)N2CC3CCC(C(=O)O)(C2)N3S(=O)(=O)c2cc(F)c(Oc3ccc(Cl)cc3)c(F)c2)CC1. The van der Waals surface area contributed by atoms with Crippen molar-refractivity contribution < 1.29 is 40.3 Å². The van der Waals surface area contributed by atoms with E-state index in [1.54, 1.807) is 0 Å². The molecule has 16 heteroatoms. The van der Waals surface area contributed by atoms with Crippen molar-refractivity contribution in [2.75, 3.05) is 58.6 Å². The third-order valence-corrected chi connectivity index (χ3v) is 12.1. The quantitative estimate of drug-likeness (QED) is 0.436. The van der Waals surface area contributed by atoms with Crippen molar-refractivity contribution in [1.82, 2.24) is 18.4 Å². The van der Waals surface area contributed by atoms with Crippen molar-refractivity contribution >= 4 is 37.6 Å². The van der Waals surface area contributed by atoms with E-state index >= 15 is 8.78 Å². The number of sulfonamides is 2. The number of hydrogen-bond donors (Lipinski definition) is 1. The van der Waals surface area contributed by atoms with Crippen molar-refractivity contribution in [2.24, 2.45) is 0 Å². The Bertz CT molecular complexity index is 1550. The van der Waals surface area contributed by atoms with Gasteiger partial charge in [0.15, 0.2) is 17.4 Å². The number of benzene rings is 2. The summed E-state index contributed by atoms with van der Waals surface area (Å²) in [6.07, 6.45) is -0.0851. The fourth-order valence-electron chi connectivity index (χ4n) is 5.76. The largest absolute Gasteiger partial charge is 0.480 e. The highest BCUT2D eigenvalue weighted by Gasteiger charge is 2.62. The Labute approximate surface area is 248 Å². The average Bonchev–Trinajstić information content (AvgIpc) is 3.19. The maximum absolute atomic E-state index is 15.0. The van der Waals surface area contributed by atoms with Gasteiger partial charge in [-0.1, -0.05) is 11.6 Å². The zero-order chi connectivity index (χ0) is 30.4. The Hall–Kier alpha value is -2.40. The molecule has 3 heterocycles. The number of fused-ring (bicyclic) bond motifs is 2. The number of carboxylic acid groups (broad SMARTS) is 1. The third-order valence-electron chi connectivity index (χ3n) is 8.11. The standard InChI is InChI=1S/C26H31ClF2N4O7S2/c1-30-8-10-31(11-9-30)12-13-41(36,37)32-16-19-6-7-26(17-32,25(34)35)33(19)42(38,39)21-14-22(28)24(23(29)15-21)40-20-4-2-18(27)3-5-20/h2-5,14-15,19H,6-13,16-17H2,1H3,(H,34,35). The van der Waals surface area contributed by atoms with Crippen LogP contribution in [0.5, 0.6) is 11.5 Å². The molecule has 0 saturated carbocycles. The summed E-state index contributed by atoms with van der Waals surface area (Å²) in [4.78, 5) is 16.0. The van der Waals surface area contributed by atoms with Gasteiger partial charge in [0, 0.05) is 56.9 Å². The zero-order valence-corrected chi connectivity index (χ0v) is 25.1. The van der Waals surface area contributed by atoms with Crippen LogP contribution >= 0.6 is 11.6 Å². The number of carboxylic acids is 1. The van der Waals surface area contributed by atoms with Crippen molar-refractivity contribution in [3.63, 3.8) is 0 Å². The number of nitrogens with zero attached hydrogens (tertiary/aromatic N) is 4. The van der Waals surface area contributed by atoms with Gasteiger partial charge in [-0.05, 0) is 56.3 Å². The van der Waals surface area contributed by atoms with Gasteiger partial charge < -0.3 is 14.7 Å². The number of rotatable bonds is 9. The molecule has 0 spiro atoms. The fraction of sp³-hybridized carbons (Fsp3) is 0.500. The molecule has 0 radical (unpaired) electrons. The highest BCUT2D eigenvalue weighted by atomic mass is 35.5. The highest BCUT2D eigenvalue weighted by molar-refractivity contribution is 7.89. The number of hydrogen-bond acceptors (Lipinski definition) is 8. The fourth-order valence-corrected chi connectivity index (χ4v) is 9.42. The van der Waals surface area contributed by atoms with E-state index in [9.17, 15) is 26.7 Å². The van der Waals surface area contributed by atoms with Crippen LogP contribution in [0.1, 0.15) is 12.8 Å². The highest BCUT2D eigenvalue weighted by Crippen LogP contribution is 2.44. The molecule has 2 unspecified atom stereocenters. The first-order valence-electron chi connectivity index (χ1n) is 13.3. The molecule has 0 aliphatic carbocycles. The minimum absolute atomic E-state index is 0.0561. The zero-order valence-electron chi connectivity index (χ0n) is 22.7. The number of halogens is 3. The first-order valence-corrected chi connectivity index (χ1v) is 16.7. The third kappa shape index (κ3) is 5.87. The van der Waals surface area contributed by atoms with Gasteiger partial charge in [-0.15, -0.1) is 0 Å². The van der Waals surface area contributed by atoms with Crippen LogP contribution in [-0.2, 0) is 24.8 Å². The minimum atomic E-state index is -4.78. The van der Waals surface area contributed by atoms with Crippen LogP contribution in [-0.4, -0.2) is 117 Å². The van der Waals surface area contributed by atoms with Gasteiger partial charge in [-0.25, -0.2) is 25.6 Å². The molecule has 3 fully saturated rings. The summed E-state index contributed by atoms with van der Waals surface area (Å²) in [5, 5.41) is 10.6. The Morgan fingerprint density at radius 3 is 2.29 bits per heavy atom. The summed E-state index contributed by atoms with van der Waals surface area (Å²) in [6, 6.07) is 5.74. The predicted molar refractivity (Wildman–Crippen MR) is 150 cm³/mol. The maximum Gasteiger partial charge on any atom is 0.326 e. The van der Waals surface area contributed by atoms with E-state index in [1.165, 1.54) is 24.3 Å². The van der Waals surface area contributed by atoms with Gasteiger partial charge >= 0.3 is 5.97 Å². The van der Waals surface area contributed by atoms with E-state index in [1.807, 2.05) is 11.9 Å². The average molecular weight is 649 g/mol. The molecule has 3 aliphatic rings. The molecule has 42 heavy (non-hydrogen) atoms. The molecule has 0 amide bonds. The van der Waals surface area contributed by atoms with E-state index in [0.29, 0.717) is 30.2 Å². The first-order chi connectivity index (χ1) is 19.7. The van der Waals surface area contributed by atoms with Gasteiger partial charge in [0.25, 0.3) is 0 Å². The van der Waals surface area contributed by atoms with E-state index in [0.717, 1.165) is 21.7 Å². The number of aliphatic carboxylic acids is 1. The second-order valence-corrected chi connectivity index (χ2v) is 15.2. The summed E-state index contributed by atoms with van der Waals surface area (Å²) in [7, 11) is -6.73. The van der Waals surface area contributed by atoms with Crippen molar-refractivity contribution in [3.8, 4) is 11.5 Å². The van der Waals surface area contributed by atoms with Crippen LogP contribution < -0.4 is 4.74 Å². The summed E-state index contributed by atoms with van der Waals surface area (Å²) < 4.78 is 91.3. The van der Waals surface area contributed by atoms with Gasteiger partial charge in [-0.3, -0.25) is 9.69 Å². The molecular weight excluding hydrogens is 618 g/mol. The van der Waals surface area contributed by atoms with E-state index < -0.39 is 66.4 Å². The molecule has 11 nitrogen and oxygen atoms in total. The maximum atomic E-state index is 15.0. The summed E-state index contributed by atoms with van der Waals surface area (Å²) in [5.74, 6) is -5.19. The Balaban J connectivity index is 1.39. The molecule has 230 valence electrons. The van der Waals surface area contributed by atoms with Crippen LogP contribution in [0.2, 0.25) is 5.02 Å². The summed E-state index contributed by atoms with van der Waals surface area (Å²) >= 11 is 5.81. The molecule has 2 bridgehead atoms. The summed E-state index contributed by atoms with van der Waals surface area (Å²) in [6.45, 7) is 2.41. The molecule has 0 aromatic heterocycles. The number of piperazine rings is 2. The van der Waals surface area contributed by atoms with E-state index in [4.69, 9.17) is 16.3 Å². The van der Waals surface area contributed by atoms with Crippen LogP contribution in [0, 0.1) is 11.6 Å². The topological polar surface area (TPSA) is 128 Å². The van der Waals surface area contributed by atoms with Gasteiger partial charge in [0.05, 0.1) is 10.6 Å². The van der Waals surface area contributed by atoms with Crippen molar-refractivity contribution in [3.05, 3.63) is 53.1 Å². The molecule has 2 aromatic rings. The molecule has 3 saturated heterocycles. The van der Waals surface area contributed by atoms with E-state index in [-0.39, 0.29) is 37.4 Å². The number of likely N-dealkylation sites (N-methyl/N-ethyl adjacent to an activating group) is 1. The lowest BCUT2D eigenvalue weighted by atomic mass is 9.98. The smallest absolute Gasteiger partial charge is 0.326 e.